The summed E-state index contributed by atoms with van der Waals surface area (Å²) in [5.74, 6) is -2.15. The summed E-state index contributed by atoms with van der Waals surface area (Å²) in [7, 11) is 1.42. The molecule has 2 aromatic heterocycles. The number of benzene rings is 1. The first-order valence-electron chi connectivity index (χ1n) is 7.72. The topological polar surface area (TPSA) is 72.2 Å². The summed E-state index contributed by atoms with van der Waals surface area (Å²) >= 11 is 12.0. The first-order valence-corrected chi connectivity index (χ1v) is 8.48. The molecule has 0 atom stereocenters. The van der Waals surface area contributed by atoms with Crippen LogP contribution in [0.1, 0.15) is 37.5 Å². The van der Waals surface area contributed by atoms with E-state index in [0.717, 1.165) is 18.3 Å². The van der Waals surface area contributed by atoms with E-state index in [1.54, 1.807) is 0 Å². The zero-order valence-electron chi connectivity index (χ0n) is 14.4. The molecule has 3 rings (SSSR count). The molecule has 0 aliphatic rings. The van der Waals surface area contributed by atoms with Gasteiger partial charge in [-0.2, -0.15) is 13.2 Å². The fourth-order valence-electron chi connectivity index (χ4n) is 2.93. The van der Waals surface area contributed by atoms with Crippen LogP contribution in [0, 0.1) is 6.92 Å². The summed E-state index contributed by atoms with van der Waals surface area (Å²) in [6.45, 7) is 1.50. The second kappa shape index (κ2) is 6.79. The molecule has 2 heterocycles. The first-order chi connectivity index (χ1) is 12.9. The number of nitrogens with zero attached hydrogens (tertiary/aromatic N) is 2. The van der Waals surface area contributed by atoms with Gasteiger partial charge in [0.2, 0.25) is 5.78 Å². The first kappa shape index (κ1) is 20.2. The minimum Gasteiger partial charge on any atom is -0.478 e. The van der Waals surface area contributed by atoms with E-state index in [2.05, 4.69) is 4.98 Å². The van der Waals surface area contributed by atoms with Gasteiger partial charge in [0.05, 0.1) is 27.4 Å². The molecular weight excluding hydrogens is 420 g/mol. The van der Waals surface area contributed by atoms with Crippen LogP contribution < -0.4 is 0 Å². The van der Waals surface area contributed by atoms with Crippen LogP contribution in [0.15, 0.2) is 24.4 Å². The average molecular weight is 431 g/mol. The predicted molar refractivity (Wildman–Crippen MR) is 97.3 cm³/mol. The summed E-state index contributed by atoms with van der Waals surface area (Å²) < 4.78 is 40.6. The van der Waals surface area contributed by atoms with Gasteiger partial charge in [-0.1, -0.05) is 23.2 Å². The van der Waals surface area contributed by atoms with Crippen LogP contribution in [0.25, 0.3) is 10.9 Å². The van der Waals surface area contributed by atoms with Gasteiger partial charge in [0.1, 0.15) is 5.15 Å². The Kier molecular flexibility index (Phi) is 4.89. The fraction of sp³-hybridized carbons (Fsp3) is 0.167. The summed E-state index contributed by atoms with van der Waals surface area (Å²) in [4.78, 5) is 27.9. The number of carbonyl (C=O) groups excluding carboxylic acids is 1. The van der Waals surface area contributed by atoms with Gasteiger partial charge in [-0.05, 0) is 30.7 Å². The maximum Gasteiger partial charge on any atom is 0.416 e. The second-order valence-corrected chi connectivity index (χ2v) is 6.83. The van der Waals surface area contributed by atoms with Crippen molar-refractivity contribution in [3.05, 3.63) is 62.5 Å². The molecule has 0 amide bonds. The van der Waals surface area contributed by atoms with E-state index in [1.165, 1.54) is 24.6 Å². The van der Waals surface area contributed by atoms with Crippen LogP contribution in [0.5, 0.6) is 0 Å². The normalized spacial score (nSPS) is 11.8. The lowest BCUT2D eigenvalue weighted by Gasteiger charge is -2.10. The molecule has 0 radical (unpaired) electrons. The van der Waals surface area contributed by atoms with E-state index in [4.69, 9.17) is 28.3 Å². The Hall–Kier alpha value is -2.58. The molecule has 0 fully saturated rings. The molecule has 1 N–H and O–H groups in total. The Bertz CT molecular complexity index is 1150. The number of carboxylic acid groups (broad SMARTS) is 1. The highest BCUT2D eigenvalue weighted by Crippen LogP contribution is 2.35. The summed E-state index contributed by atoms with van der Waals surface area (Å²) in [6.07, 6.45) is -3.62. The Morgan fingerprint density at radius 3 is 2.39 bits per heavy atom. The van der Waals surface area contributed by atoms with Crippen molar-refractivity contribution in [1.29, 1.82) is 0 Å². The van der Waals surface area contributed by atoms with Crippen molar-refractivity contribution >= 4 is 45.9 Å². The lowest BCUT2D eigenvalue weighted by molar-refractivity contribution is -0.137. The van der Waals surface area contributed by atoms with Crippen molar-refractivity contribution in [3.63, 3.8) is 0 Å². The molecule has 28 heavy (non-hydrogen) atoms. The van der Waals surface area contributed by atoms with Crippen molar-refractivity contribution in [2.24, 2.45) is 7.05 Å². The Morgan fingerprint density at radius 1 is 1.18 bits per heavy atom. The van der Waals surface area contributed by atoms with E-state index in [0.29, 0.717) is 10.9 Å². The van der Waals surface area contributed by atoms with E-state index >= 15 is 0 Å². The van der Waals surface area contributed by atoms with Crippen LogP contribution in [0.4, 0.5) is 13.2 Å². The monoisotopic (exact) mass is 430 g/mol. The molecule has 0 saturated carbocycles. The van der Waals surface area contributed by atoms with Crippen LogP contribution in [-0.4, -0.2) is 26.4 Å². The minimum absolute atomic E-state index is 0.00874. The van der Waals surface area contributed by atoms with Gasteiger partial charge in [0, 0.05) is 24.1 Å². The summed E-state index contributed by atoms with van der Waals surface area (Å²) in [5.41, 5.74) is -1.08. The number of carboxylic acids is 1. The number of rotatable bonds is 3. The molecule has 0 spiro atoms. The van der Waals surface area contributed by atoms with E-state index in [-0.39, 0.29) is 21.9 Å². The molecule has 1 aromatic carbocycles. The number of ketones is 1. The van der Waals surface area contributed by atoms with Crippen molar-refractivity contribution < 1.29 is 27.9 Å². The molecule has 0 bridgehead atoms. The molecule has 0 aliphatic heterocycles. The SMILES string of the molecule is Cc1cc(C(F)(F)F)cc2c1cc(C(=O)c1c(Cl)ncc(C(=O)O)c1Cl)n2C. The van der Waals surface area contributed by atoms with Gasteiger partial charge in [0.25, 0.3) is 0 Å². The molecular formula is C18H11Cl2F3N2O3. The highest BCUT2D eigenvalue weighted by atomic mass is 35.5. The highest BCUT2D eigenvalue weighted by Gasteiger charge is 2.32. The van der Waals surface area contributed by atoms with Crippen LogP contribution in [-0.2, 0) is 13.2 Å². The van der Waals surface area contributed by atoms with Gasteiger partial charge in [0.15, 0.2) is 0 Å². The number of fused-ring (bicyclic) bond motifs is 1. The van der Waals surface area contributed by atoms with Crippen molar-refractivity contribution in [3.8, 4) is 0 Å². The smallest absolute Gasteiger partial charge is 0.416 e. The van der Waals surface area contributed by atoms with Crippen molar-refractivity contribution in [1.82, 2.24) is 9.55 Å². The number of aromatic carboxylic acids is 1. The van der Waals surface area contributed by atoms with E-state index in [1.807, 2.05) is 0 Å². The molecule has 0 unspecified atom stereocenters. The molecule has 5 nitrogen and oxygen atoms in total. The van der Waals surface area contributed by atoms with E-state index < -0.39 is 34.1 Å². The van der Waals surface area contributed by atoms with Crippen molar-refractivity contribution in [2.75, 3.05) is 0 Å². The predicted octanol–water partition coefficient (Wildman–Crippen LogP) is 5.14. The number of carbonyl (C=O) groups is 2. The van der Waals surface area contributed by atoms with Gasteiger partial charge in [-0.25, -0.2) is 9.78 Å². The summed E-state index contributed by atoms with van der Waals surface area (Å²) in [6, 6.07) is 3.34. The average Bonchev–Trinajstić information content (AvgIpc) is 2.91. The Balaban J connectivity index is 2.24. The minimum atomic E-state index is -4.54. The standard InChI is InChI=1S/C18H11Cl2F3N2O3/c1-7-3-8(18(21,22)23)4-11-9(7)5-12(25(11)2)15(26)13-14(19)10(17(27)28)6-24-16(13)20/h3-6H,1-2H3,(H,27,28). The van der Waals surface area contributed by atoms with Gasteiger partial charge < -0.3 is 9.67 Å². The quantitative estimate of drug-likeness (QED) is 0.461. The number of aryl methyl sites for hydroxylation is 2. The molecule has 3 aromatic rings. The van der Waals surface area contributed by atoms with Crippen LogP contribution in [0.3, 0.4) is 0 Å². The molecule has 0 aliphatic carbocycles. The lowest BCUT2D eigenvalue weighted by atomic mass is 10.1. The molecule has 10 heteroatoms. The lowest BCUT2D eigenvalue weighted by Crippen LogP contribution is -2.12. The summed E-state index contributed by atoms with van der Waals surface area (Å²) in [5, 5.41) is 8.89. The van der Waals surface area contributed by atoms with Crippen molar-refractivity contribution in [2.45, 2.75) is 13.1 Å². The van der Waals surface area contributed by atoms with E-state index in [9.17, 15) is 22.8 Å². The highest BCUT2D eigenvalue weighted by molar-refractivity contribution is 6.42. The largest absolute Gasteiger partial charge is 0.478 e. The zero-order chi connectivity index (χ0) is 21.0. The number of aromatic nitrogens is 2. The zero-order valence-corrected chi connectivity index (χ0v) is 15.9. The molecule has 146 valence electrons. The third kappa shape index (κ3) is 3.22. The maximum atomic E-state index is 13.1. The Labute approximate surface area is 166 Å². The second-order valence-electron chi connectivity index (χ2n) is 6.10. The maximum absolute atomic E-state index is 13.1. The Morgan fingerprint density at radius 2 is 1.82 bits per heavy atom. The van der Waals surface area contributed by atoms with Gasteiger partial charge in [-0.3, -0.25) is 4.79 Å². The van der Waals surface area contributed by atoms with Crippen LogP contribution in [0.2, 0.25) is 10.2 Å². The number of hydrogen-bond acceptors (Lipinski definition) is 3. The number of hydrogen-bond donors (Lipinski definition) is 1. The number of halogens is 5. The number of alkyl halides is 3. The number of pyridine rings is 1. The molecule has 0 saturated heterocycles. The van der Waals surface area contributed by atoms with Gasteiger partial charge >= 0.3 is 12.1 Å². The van der Waals surface area contributed by atoms with Gasteiger partial charge in [-0.15, -0.1) is 0 Å². The van der Waals surface area contributed by atoms with Crippen LogP contribution >= 0.6 is 23.2 Å². The fourth-order valence-corrected chi connectivity index (χ4v) is 3.51. The third-order valence-electron chi connectivity index (χ3n) is 4.36. The third-order valence-corrected chi connectivity index (χ3v) is 5.03.